The van der Waals surface area contributed by atoms with E-state index < -0.39 is 16.1 Å². The van der Waals surface area contributed by atoms with Gasteiger partial charge in [0.05, 0.1) is 25.6 Å². The third kappa shape index (κ3) is 2.56. The van der Waals surface area contributed by atoms with Crippen molar-refractivity contribution >= 4 is 10.0 Å². The van der Waals surface area contributed by atoms with E-state index >= 15 is 0 Å². The number of hydrogen-bond donors (Lipinski definition) is 1. The molecule has 1 fully saturated rings. The molecule has 1 N–H and O–H groups in total. The number of aryl methyl sites for hydroxylation is 1. The van der Waals surface area contributed by atoms with Crippen LogP contribution in [0.3, 0.4) is 0 Å². The molecular weight excluding hydrogens is 258 g/mol. The zero-order valence-electron chi connectivity index (χ0n) is 10.2. The highest BCUT2D eigenvalue weighted by Gasteiger charge is 2.31. The number of aromatic nitrogens is 2. The molecule has 8 heteroatoms. The molecule has 18 heavy (non-hydrogen) atoms. The summed E-state index contributed by atoms with van der Waals surface area (Å²) in [5.41, 5.74) is 0. The minimum atomic E-state index is -3.58. The molecule has 1 aliphatic rings. The van der Waals surface area contributed by atoms with Gasteiger partial charge in [-0.2, -0.15) is 4.31 Å². The third-order valence-corrected chi connectivity index (χ3v) is 4.63. The highest BCUT2D eigenvalue weighted by Crippen LogP contribution is 2.17. The number of aliphatic hydroxyl groups excluding tert-OH is 1. The molecule has 0 amide bonds. The highest BCUT2D eigenvalue weighted by atomic mass is 32.2. The second kappa shape index (κ2) is 5.35. The summed E-state index contributed by atoms with van der Waals surface area (Å²) >= 11 is 0. The maximum absolute atomic E-state index is 12.3. The topological polar surface area (TPSA) is 84.7 Å². The van der Waals surface area contributed by atoms with E-state index in [0.717, 1.165) is 0 Å². The molecule has 1 aromatic heterocycles. The predicted octanol–water partition coefficient (Wildman–Crippen LogP) is -0.715. The van der Waals surface area contributed by atoms with Gasteiger partial charge in [0.2, 0.25) is 0 Å². The van der Waals surface area contributed by atoms with Crippen molar-refractivity contribution in [2.24, 2.45) is 0 Å². The molecule has 1 aromatic rings. The molecule has 2 heterocycles. The van der Waals surface area contributed by atoms with E-state index in [1.54, 1.807) is 4.57 Å². The van der Waals surface area contributed by atoms with Crippen molar-refractivity contribution in [2.75, 3.05) is 26.3 Å². The maximum Gasteiger partial charge on any atom is 0.262 e. The van der Waals surface area contributed by atoms with Gasteiger partial charge < -0.3 is 14.4 Å². The Hall–Kier alpha value is -0.960. The van der Waals surface area contributed by atoms with Crippen LogP contribution in [0.25, 0.3) is 0 Å². The van der Waals surface area contributed by atoms with Gasteiger partial charge in [-0.1, -0.05) is 0 Å². The first kappa shape index (κ1) is 13.5. The summed E-state index contributed by atoms with van der Waals surface area (Å²) in [4.78, 5) is 3.91. The van der Waals surface area contributed by atoms with Crippen molar-refractivity contribution in [2.45, 2.75) is 24.6 Å². The normalized spacial score (nSPS) is 22.2. The third-order valence-electron chi connectivity index (χ3n) is 2.88. The first-order chi connectivity index (χ1) is 8.57. The monoisotopic (exact) mass is 275 g/mol. The van der Waals surface area contributed by atoms with Crippen LogP contribution in [-0.4, -0.2) is 59.8 Å². The van der Waals surface area contributed by atoms with Crippen LogP contribution in [0.2, 0.25) is 0 Å². The summed E-state index contributed by atoms with van der Waals surface area (Å²) in [6.07, 6.45) is 2.55. The Balaban J connectivity index is 2.19. The lowest BCUT2D eigenvalue weighted by atomic mass is 10.3. The number of nitrogens with zero attached hydrogens (tertiary/aromatic N) is 3. The minimum absolute atomic E-state index is 0.0444. The second-order valence-electron chi connectivity index (χ2n) is 4.08. The molecule has 7 nitrogen and oxygen atoms in total. The van der Waals surface area contributed by atoms with Crippen molar-refractivity contribution in [3.05, 3.63) is 12.5 Å². The van der Waals surface area contributed by atoms with Gasteiger partial charge in [-0.25, -0.2) is 13.4 Å². The summed E-state index contributed by atoms with van der Waals surface area (Å²) < 4.78 is 32.8. The average Bonchev–Trinajstić information content (AvgIpc) is 2.88. The molecule has 1 aliphatic heterocycles. The number of hydrogen-bond acceptors (Lipinski definition) is 5. The van der Waals surface area contributed by atoms with E-state index in [4.69, 9.17) is 9.84 Å². The first-order valence-corrected chi connectivity index (χ1v) is 7.26. The van der Waals surface area contributed by atoms with Crippen molar-refractivity contribution in [1.29, 1.82) is 0 Å². The molecule has 0 spiro atoms. The van der Waals surface area contributed by atoms with Gasteiger partial charge in [0.15, 0.2) is 5.03 Å². The fourth-order valence-corrected chi connectivity index (χ4v) is 3.19. The molecule has 0 aromatic carbocycles. The average molecular weight is 275 g/mol. The first-order valence-electron chi connectivity index (χ1n) is 5.82. The fourth-order valence-electron chi connectivity index (χ4n) is 1.80. The Morgan fingerprint density at radius 2 is 2.39 bits per heavy atom. The van der Waals surface area contributed by atoms with Gasteiger partial charge in [0, 0.05) is 25.8 Å². The van der Waals surface area contributed by atoms with Crippen molar-refractivity contribution in [3.63, 3.8) is 0 Å². The van der Waals surface area contributed by atoms with Crippen LogP contribution in [0.15, 0.2) is 17.6 Å². The lowest BCUT2D eigenvalue weighted by Gasteiger charge is -2.30. The summed E-state index contributed by atoms with van der Waals surface area (Å²) in [5.74, 6) is 0. The van der Waals surface area contributed by atoms with E-state index in [1.165, 1.54) is 16.8 Å². The molecule has 1 atom stereocenters. The van der Waals surface area contributed by atoms with Gasteiger partial charge >= 0.3 is 0 Å². The van der Waals surface area contributed by atoms with Crippen LogP contribution in [0.1, 0.15) is 6.92 Å². The van der Waals surface area contributed by atoms with E-state index in [2.05, 4.69) is 4.98 Å². The molecule has 0 bridgehead atoms. The molecule has 1 saturated heterocycles. The zero-order valence-corrected chi connectivity index (χ0v) is 11.0. The second-order valence-corrected chi connectivity index (χ2v) is 5.97. The smallest absolute Gasteiger partial charge is 0.262 e. The molecule has 0 radical (unpaired) electrons. The Labute approximate surface area is 106 Å². The summed E-state index contributed by atoms with van der Waals surface area (Å²) in [5, 5.41) is 9.07. The number of imidazole rings is 1. The highest BCUT2D eigenvalue weighted by molar-refractivity contribution is 7.89. The van der Waals surface area contributed by atoms with Crippen molar-refractivity contribution < 1.29 is 18.3 Å². The minimum Gasteiger partial charge on any atom is -0.394 e. The lowest BCUT2D eigenvalue weighted by Crippen LogP contribution is -2.46. The van der Waals surface area contributed by atoms with Gasteiger partial charge in [0.1, 0.15) is 0 Å². The number of rotatable bonds is 4. The number of aliphatic hydroxyl groups is 1. The molecule has 2 rings (SSSR count). The lowest BCUT2D eigenvalue weighted by molar-refractivity contribution is -0.0305. The molecule has 102 valence electrons. The fraction of sp³-hybridized carbons (Fsp3) is 0.700. The SMILES string of the molecule is CCn1cnc(S(=O)(=O)N2CCOC(CO)C2)c1. The standard InChI is InChI=1S/C10H17N3O4S/c1-2-12-6-10(11-8-12)18(15,16)13-3-4-17-9(5-13)7-14/h6,8-9,14H,2-5,7H2,1H3. The number of morpholine rings is 1. The Kier molecular flexibility index (Phi) is 4.00. The van der Waals surface area contributed by atoms with Crippen LogP contribution in [0.4, 0.5) is 0 Å². The van der Waals surface area contributed by atoms with Crippen molar-refractivity contribution in [1.82, 2.24) is 13.9 Å². The van der Waals surface area contributed by atoms with Crippen LogP contribution in [-0.2, 0) is 21.3 Å². The van der Waals surface area contributed by atoms with Crippen LogP contribution >= 0.6 is 0 Å². The van der Waals surface area contributed by atoms with E-state index in [1.807, 2.05) is 6.92 Å². The van der Waals surface area contributed by atoms with Crippen molar-refractivity contribution in [3.8, 4) is 0 Å². The number of sulfonamides is 1. The van der Waals surface area contributed by atoms with E-state index in [0.29, 0.717) is 13.2 Å². The summed E-state index contributed by atoms with van der Waals surface area (Å²) in [6.45, 7) is 3.14. The molecule has 1 unspecified atom stereocenters. The van der Waals surface area contributed by atoms with Gasteiger partial charge in [0.25, 0.3) is 10.0 Å². The van der Waals surface area contributed by atoms with Gasteiger partial charge in [-0.05, 0) is 6.92 Å². The molecule has 0 saturated carbocycles. The molecular formula is C10H17N3O4S. The van der Waals surface area contributed by atoms with Crippen LogP contribution in [0.5, 0.6) is 0 Å². The largest absolute Gasteiger partial charge is 0.394 e. The van der Waals surface area contributed by atoms with Crippen LogP contribution < -0.4 is 0 Å². The Morgan fingerprint density at radius 1 is 1.61 bits per heavy atom. The van der Waals surface area contributed by atoms with Gasteiger partial charge in [-0.15, -0.1) is 0 Å². The quantitative estimate of drug-likeness (QED) is 0.784. The summed E-state index contributed by atoms with van der Waals surface area (Å²) in [6, 6.07) is 0. The van der Waals surface area contributed by atoms with Crippen LogP contribution in [0, 0.1) is 0 Å². The number of ether oxygens (including phenoxy) is 1. The van der Waals surface area contributed by atoms with E-state index in [9.17, 15) is 8.42 Å². The molecule has 0 aliphatic carbocycles. The maximum atomic E-state index is 12.3. The summed E-state index contributed by atoms with van der Waals surface area (Å²) in [7, 11) is -3.58. The van der Waals surface area contributed by atoms with Gasteiger partial charge in [-0.3, -0.25) is 0 Å². The Morgan fingerprint density at radius 3 is 3.00 bits per heavy atom. The van der Waals surface area contributed by atoms with E-state index in [-0.39, 0.29) is 24.7 Å². The Bertz CT molecular complexity index is 499. The predicted molar refractivity (Wildman–Crippen MR) is 63.5 cm³/mol. The zero-order chi connectivity index (χ0) is 13.2.